The molecule has 0 aliphatic carbocycles. The van der Waals surface area contributed by atoms with Gasteiger partial charge in [0.2, 0.25) is 0 Å². The lowest BCUT2D eigenvalue weighted by molar-refractivity contribution is 0.202. The Morgan fingerprint density at radius 3 is 2.35 bits per heavy atom. The van der Waals surface area contributed by atoms with E-state index in [1.807, 2.05) is 7.05 Å². The maximum absolute atomic E-state index is 5.12. The zero-order valence-corrected chi connectivity index (χ0v) is 12.6. The molecule has 0 amide bonds. The third kappa shape index (κ3) is 3.69. The van der Waals surface area contributed by atoms with Crippen LogP contribution in [0, 0.1) is 6.92 Å². The summed E-state index contributed by atoms with van der Waals surface area (Å²) in [6.45, 7) is 3.84. The van der Waals surface area contributed by atoms with Crippen LogP contribution in [0.2, 0.25) is 0 Å². The summed E-state index contributed by atoms with van der Waals surface area (Å²) in [6, 6.07) is 15.4. The highest BCUT2D eigenvalue weighted by atomic mass is 16.5. The highest BCUT2D eigenvalue weighted by Gasteiger charge is 2.04. The van der Waals surface area contributed by atoms with Crippen molar-refractivity contribution in [3.05, 3.63) is 59.2 Å². The topological polar surface area (TPSA) is 21.3 Å². The number of nitrogens with one attached hydrogen (secondary N) is 1. The molecule has 0 saturated heterocycles. The van der Waals surface area contributed by atoms with Crippen LogP contribution in [0.3, 0.4) is 0 Å². The van der Waals surface area contributed by atoms with Crippen LogP contribution in [0.25, 0.3) is 11.1 Å². The summed E-state index contributed by atoms with van der Waals surface area (Å²) < 4.78 is 5.12. The average Bonchev–Trinajstić information content (AvgIpc) is 2.48. The quantitative estimate of drug-likeness (QED) is 0.865. The Labute approximate surface area is 121 Å². The monoisotopic (exact) mass is 269 g/mol. The molecule has 0 spiro atoms. The van der Waals surface area contributed by atoms with E-state index in [4.69, 9.17) is 4.74 Å². The molecule has 0 heterocycles. The van der Waals surface area contributed by atoms with Gasteiger partial charge in [-0.25, -0.2) is 0 Å². The summed E-state index contributed by atoms with van der Waals surface area (Å²) in [6.07, 6.45) is 0.968. The summed E-state index contributed by atoms with van der Waals surface area (Å²) in [5.74, 6) is 0. The van der Waals surface area contributed by atoms with Gasteiger partial charge in [0.15, 0.2) is 0 Å². The van der Waals surface area contributed by atoms with Gasteiger partial charge in [0.1, 0.15) is 0 Å². The predicted molar refractivity (Wildman–Crippen MR) is 85.0 cm³/mol. The van der Waals surface area contributed by atoms with Crippen molar-refractivity contribution >= 4 is 0 Å². The lowest BCUT2D eigenvalue weighted by Gasteiger charge is -2.10. The molecule has 2 rings (SSSR count). The first-order valence-electron chi connectivity index (χ1n) is 7.07. The zero-order valence-electron chi connectivity index (χ0n) is 12.6. The Hall–Kier alpha value is -1.64. The molecule has 0 unspecified atom stereocenters. The number of methoxy groups -OCH3 is 1. The number of hydrogen-bond acceptors (Lipinski definition) is 2. The van der Waals surface area contributed by atoms with Crippen LogP contribution in [0.4, 0.5) is 0 Å². The Bertz CT molecular complexity index is 546. The first-order chi connectivity index (χ1) is 9.74. The molecule has 2 aromatic rings. The zero-order chi connectivity index (χ0) is 14.4. The molecule has 0 aliphatic heterocycles. The summed E-state index contributed by atoms with van der Waals surface area (Å²) in [5, 5.41) is 3.20. The molecule has 0 aliphatic rings. The third-order valence-corrected chi connectivity index (χ3v) is 3.54. The van der Waals surface area contributed by atoms with Crippen LogP contribution >= 0.6 is 0 Å². The Morgan fingerprint density at radius 2 is 1.70 bits per heavy atom. The lowest BCUT2D eigenvalue weighted by Crippen LogP contribution is -2.05. The molecular formula is C18H23NO. The molecule has 20 heavy (non-hydrogen) atoms. The van der Waals surface area contributed by atoms with Gasteiger partial charge >= 0.3 is 0 Å². The van der Waals surface area contributed by atoms with Crippen molar-refractivity contribution in [2.45, 2.75) is 19.9 Å². The SMILES string of the molecule is CNCc1ccc(C)c(-c2ccc(CCOC)cc2)c1. The molecule has 2 aromatic carbocycles. The van der Waals surface area contributed by atoms with Crippen molar-refractivity contribution in [2.75, 3.05) is 20.8 Å². The average molecular weight is 269 g/mol. The van der Waals surface area contributed by atoms with Crippen molar-refractivity contribution in [1.29, 1.82) is 0 Å². The first kappa shape index (κ1) is 14.8. The highest BCUT2D eigenvalue weighted by Crippen LogP contribution is 2.25. The molecule has 2 heteroatoms. The first-order valence-corrected chi connectivity index (χ1v) is 7.07. The number of rotatable bonds is 6. The van der Waals surface area contributed by atoms with Gasteiger partial charge in [0.05, 0.1) is 6.61 Å². The van der Waals surface area contributed by atoms with Gasteiger partial charge in [-0.1, -0.05) is 36.4 Å². The van der Waals surface area contributed by atoms with Gasteiger partial charge in [-0.15, -0.1) is 0 Å². The Balaban J connectivity index is 2.24. The van der Waals surface area contributed by atoms with E-state index in [1.165, 1.54) is 27.8 Å². The molecule has 0 radical (unpaired) electrons. The molecule has 0 fully saturated rings. The second kappa shape index (κ2) is 7.22. The standard InChI is InChI=1S/C18H23NO/c1-14-4-5-16(13-19-2)12-18(14)17-8-6-15(7-9-17)10-11-20-3/h4-9,12,19H,10-11,13H2,1-3H3. The summed E-state index contributed by atoms with van der Waals surface area (Å²) >= 11 is 0. The Kier molecular flexibility index (Phi) is 5.33. The van der Waals surface area contributed by atoms with Crippen LogP contribution in [-0.4, -0.2) is 20.8 Å². The van der Waals surface area contributed by atoms with Crippen molar-refractivity contribution in [2.24, 2.45) is 0 Å². The molecule has 2 nitrogen and oxygen atoms in total. The maximum Gasteiger partial charge on any atom is 0.0502 e. The van der Waals surface area contributed by atoms with E-state index in [2.05, 4.69) is 54.7 Å². The molecule has 106 valence electrons. The fourth-order valence-electron chi connectivity index (χ4n) is 2.37. The Morgan fingerprint density at radius 1 is 1.00 bits per heavy atom. The summed E-state index contributed by atoms with van der Waals surface area (Å²) in [4.78, 5) is 0. The molecule has 1 N–H and O–H groups in total. The summed E-state index contributed by atoms with van der Waals surface area (Å²) in [7, 11) is 3.72. The van der Waals surface area contributed by atoms with Gasteiger partial charge < -0.3 is 10.1 Å². The van der Waals surface area contributed by atoms with Gasteiger partial charge in [-0.3, -0.25) is 0 Å². The molecule has 0 atom stereocenters. The highest BCUT2D eigenvalue weighted by molar-refractivity contribution is 5.68. The minimum Gasteiger partial charge on any atom is -0.384 e. The second-order valence-electron chi connectivity index (χ2n) is 5.12. The van der Waals surface area contributed by atoms with E-state index in [9.17, 15) is 0 Å². The van der Waals surface area contributed by atoms with Crippen LogP contribution < -0.4 is 5.32 Å². The van der Waals surface area contributed by atoms with E-state index in [0.29, 0.717) is 0 Å². The van der Waals surface area contributed by atoms with E-state index < -0.39 is 0 Å². The van der Waals surface area contributed by atoms with Gasteiger partial charge in [-0.2, -0.15) is 0 Å². The van der Waals surface area contributed by atoms with E-state index >= 15 is 0 Å². The van der Waals surface area contributed by atoms with Crippen molar-refractivity contribution in [1.82, 2.24) is 5.32 Å². The minimum atomic E-state index is 0.774. The van der Waals surface area contributed by atoms with E-state index in [1.54, 1.807) is 7.11 Å². The van der Waals surface area contributed by atoms with Gasteiger partial charge in [-0.05, 0) is 54.3 Å². The number of benzene rings is 2. The smallest absolute Gasteiger partial charge is 0.0502 e. The number of ether oxygens (including phenoxy) is 1. The number of hydrogen-bond donors (Lipinski definition) is 1. The fourth-order valence-corrected chi connectivity index (χ4v) is 2.37. The van der Waals surface area contributed by atoms with Crippen LogP contribution in [-0.2, 0) is 17.7 Å². The van der Waals surface area contributed by atoms with Crippen LogP contribution in [0.5, 0.6) is 0 Å². The summed E-state index contributed by atoms with van der Waals surface area (Å²) in [5.41, 5.74) is 6.54. The van der Waals surface area contributed by atoms with Crippen molar-refractivity contribution < 1.29 is 4.74 Å². The minimum absolute atomic E-state index is 0.774. The van der Waals surface area contributed by atoms with Gasteiger partial charge in [0.25, 0.3) is 0 Å². The fraction of sp³-hybridized carbons (Fsp3) is 0.333. The lowest BCUT2D eigenvalue weighted by atomic mass is 9.97. The van der Waals surface area contributed by atoms with Crippen LogP contribution in [0.1, 0.15) is 16.7 Å². The molecule has 0 saturated carbocycles. The third-order valence-electron chi connectivity index (χ3n) is 3.54. The van der Waals surface area contributed by atoms with Crippen molar-refractivity contribution in [3.63, 3.8) is 0 Å². The van der Waals surface area contributed by atoms with Crippen LogP contribution in [0.15, 0.2) is 42.5 Å². The maximum atomic E-state index is 5.12. The van der Waals surface area contributed by atoms with E-state index in [0.717, 1.165) is 19.6 Å². The largest absolute Gasteiger partial charge is 0.384 e. The second-order valence-corrected chi connectivity index (χ2v) is 5.12. The number of aryl methyl sites for hydroxylation is 1. The molecule has 0 aromatic heterocycles. The van der Waals surface area contributed by atoms with Crippen molar-refractivity contribution in [3.8, 4) is 11.1 Å². The van der Waals surface area contributed by atoms with E-state index in [-0.39, 0.29) is 0 Å². The van der Waals surface area contributed by atoms with Gasteiger partial charge in [0, 0.05) is 13.7 Å². The molecule has 0 bridgehead atoms. The molecular weight excluding hydrogens is 246 g/mol. The predicted octanol–water partition coefficient (Wildman–Crippen LogP) is 3.57. The normalized spacial score (nSPS) is 10.8.